The number of Topliss-reactive ketones (excluding diaryl/α,β-unsaturated/α-hetero) is 1. The Morgan fingerprint density at radius 1 is 1.28 bits per heavy atom. The third-order valence-electron chi connectivity index (χ3n) is 4.71. The number of ketones is 1. The van der Waals surface area contributed by atoms with Gasteiger partial charge < -0.3 is 15.3 Å². The zero-order valence-corrected chi connectivity index (χ0v) is 15.1. The van der Waals surface area contributed by atoms with Gasteiger partial charge in [-0.2, -0.15) is 0 Å². The van der Waals surface area contributed by atoms with Crippen molar-refractivity contribution < 1.29 is 24.9 Å². The quantitative estimate of drug-likeness (QED) is 0.370. The molecule has 1 aliphatic rings. The highest BCUT2D eigenvalue weighted by molar-refractivity contribution is 5.84. The van der Waals surface area contributed by atoms with E-state index in [4.69, 9.17) is 5.11 Å². The number of carbonyl (C=O) groups is 2. The van der Waals surface area contributed by atoms with Gasteiger partial charge in [0.25, 0.3) is 0 Å². The molecule has 5 nitrogen and oxygen atoms in total. The molecular weight excluding hydrogens is 320 g/mol. The van der Waals surface area contributed by atoms with Crippen LogP contribution in [0.2, 0.25) is 0 Å². The summed E-state index contributed by atoms with van der Waals surface area (Å²) in [6, 6.07) is 0. The Hall–Kier alpha value is -1.46. The molecule has 0 aromatic rings. The van der Waals surface area contributed by atoms with Gasteiger partial charge in [-0.25, -0.2) is 0 Å². The molecule has 0 aromatic heterocycles. The number of carbonyl (C=O) groups excluding carboxylic acids is 1. The minimum atomic E-state index is -0.797. The lowest BCUT2D eigenvalue weighted by atomic mass is 9.88. The predicted octanol–water partition coefficient (Wildman–Crippen LogP) is 3.25. The zero-order chi connectivity index (χ0) is 18.7. The second-order valence-electron chi connectivity index (χ2n) is 6.86. The molecule has 4 atom stereocenters. The Labute approximate surface area is 150 Å². The molecule has 5 heteroatoms. The number of carboxylic acids is 1. The van der Waals surface area contributed by atoms with Crippen molar-refractivity contribution in [3.05, 3.63) is 24.3 Å². The summed E-state index contributed by atoms with van der Waals surface area (Å²) in [7, 11) is 0. The summed E-state index contributed by atoms with van der Waals surface area (Å²) in [6.45, 7) is 2.12. The molecule has 25 heavy (non-hydrogen) atoms. The smallest absolute Gasteiger partial charge is 0.303 e. The number of rotatable bonds is 12. The third kappa shape index (κ3) is 8.45. The van der Waals surface area contributed by atoms with Gasteiger partial charge in [0.15, 0.2) is 0 Å². The first-order valence-corrected chi connectivity index (χ1v) is 9.39. The average Bonchev–Trinajstić information content (AvgIpc) is 2.82. The van der Waals surface area contributed by atoms with E-state index in [1.54, 1.807) is 12.2 Å². The topological polar surface area (TPSA) is 94.8 Å². The molecule has 0 heterocycles. The number of aliphatic hydroxyl groups excluding tert-OH is 2. The fraction of sp³-hybridized carbons (Fsp3) is 0.700. The Morgan fingerprint density at radius 3 is 2.72 bits per heavy atom. The summed E-state index contributed by atoms with van der Waals surface area (Å²) in [4.78, 5) is 22.4. The van der Waals surface area contributed by atoms with Crippen LogP contribution in [-0.2, 0) is 9.59 Å². The third-order valence-corrected chi connectivity index (χ3v) is 4.71. The van der Waals surface area contributed by atoms with Crippen LogP contribution in [0.5, 0.6) is 0 Å². The van der Waals surface area contributed by atoms with Crippen molar-refractivity contribution in [1.29, 1.82) is 0 Å². The fourth-order valence-corrected chi connectivity index (χ4v) is 3.27. The van der Waals surface area contributed by atoms with Crippen molar-refractivity contribution in [1.82, 2.24) is 0 Å². The molecule has 0 spiro atoms. The summed E-state index contributed by atoms with van der Waals surface area (Å²) in [5, 5.41) is 28.7. The van der Waals surface area contributed by atoms with Crippen molar-refractivity contribution in [3.63, 3.8) is 0 Å². The highest BCUT2D eigenvalue weighted by Crippen LogP contribution is 2.34. The van der Waals surface area contributed by atoms with Gasteiger partial charge in [-0.3, -0.25) is 9.59 Å². The van der Waals surface area contributed by atoms with Crippen molar-refractivity contribution in [3.8, 4) is 0 Å². The van der Waals surface area contributed by atoms with E-state index in [1.165, 1.54) is 0 Å². The molecule has 0 unspecified atom stereocenters. The molecule has 1 aliphatic carbocycles. The highest BCUT2D eigenvalue weighted by Gasteiger charge is 2.39. The summed E-state index contributed by atoms with van der Waals surface area (Å²) in [6.07, 6.45) is 11.9. The predicted molar refractivity (Wildman–Crippen MR) is 97.1 cm³/mol. The van der Waals surface area contributed by atoms with Crippen LogP contribution in [0.4, 0.5) is 0 Å². The minimum Gasteiger partial charge on any atom is -0.481 e. The van der Waals surface area contributed by atoms with E-state index in [1.807, 2.05) is 12.2 Å². The van der Waals surface area contributed by atoms with Gasteiger partial charge in [-0.1, -0.05) is 50.5 Å². The molecule has 0 amide bonds. The second-order valence-corrected chi connectivity index (χ2v) is 6.86. The molecule has 0 bridgehead atoms. The number of unbranched alkanes of at least 4 members (excludes halogenated alkanes) is 3. The van der Waals surface area contributed by atoms with Gasteiger partial charge in [-0.15, -0.1) is 0 Å². The van der Waals surface area contributed by atoms with E-state index in [0.29, 0.717) is 19.3 Å². The average molecular weight is 352 g/mol. The maximum atomic E-state index is 12.0. The van der Waals surface area contributed by atoms with Crippen molar-refractivity contribution in [2.75, 3.05) is 0 Å². The number of allylic oxidation sites excluding steroid dienone is 1. The number of aliphatic hydroxyl groups is 2. The van der Waals surface area contributed by atoms with E-state index in [9.17, 15) is 19.8 Å². The van der Waals surface area contributed by atoms with Crippen LogP contribution in [0.25, 0.3) is 0 Å². The molecule has 0 radical (unpaired) electrons. The van der Waals surface area contributed by atoms with Crippen molar-refractivity contribution >= 4 is 11.8 Å². The van der Waals surface area contributed by atoms with Gasteiger partial charge in [-0.05, 0) is 25.7 Å². The maximum absolute atomic E-state index is 12.0. The van der Waals surface area contributed by atoms with E-state index in [0.717, 1.165) is 25.7 Å². The van der Waals surface area contributed by atoms with Gasteiger partial charge in [0, 0.05) is 24.7 Å². The SMILES string of the molecule is CCCCC[C@H]1C(=O)C[C@H](O)[C@H]1/C=C/[C@H](O)C/C=C\CCCC(=O)O. The van der Waals surface area contributed by atoms with Crippen LogP contribution >= 0.6 is 0 Å². The molecule has 1 saturated carbocycles. The second kappa shape index (κ2) is 12.0. The number of aliphatic carboxylic acids is 1. The number of hydrogen-bond acceptors (Lipinski definition) is 4. The van der Waals surface area contributed by atoms with E-state index < -0.39 is 18.2 Å². The summed E-state index contributed by atoms with van der Waals surface area (Å²) in [5.41, 5.74) is 0. The van der Waals surface area contributed by atoms with Crippen LogP contribution < -0.4 is 0 Å². The Morgan fingerprint density at radius 2 is 2.04 bits per heavy atom. The largest absolute Gasteiger partial charge is 0.481 e. The molecule has 0 saturated heterocycles. The van der Waals surface area contributed by atoms with E-state index in [-0.39, 0.29) is 30.5 Å². The van der Waals surface area contributed by atoms with Gasteiger partial charge >= 0.3 is 5.97 Å². The molecule has 1 rings (SSSR count). The lowest BCUT2D eigenvalue weighted by molar-refractivity contribution is -0.137. The monoisotopic (exact) mass is 352 g/mol. The van der Waals surface area contributed by atoms with Crippen LogP contribution in [0, 0.1) is 11.8 Å². The van der Waals surface area contributed by atoms with Crippen LogP contribution in [0.1, 0.15) is 64.7 Å². The number of carboxylic acid groups (broad SMARTS) is 1. The fourth-order valence-electron chi connectivity index (χ4n) is 3.27. The maximum Gasteiger partial charge on any atom is 0.303 e. The first-order chi connectivity index (χ1) is 12.0. The first-order valence-electron chi connectivity index (χ1n) is 9.39. The molecule has 3 N–H and O–H groups in total. The molecule has 0 aromatic carbocycles. The van der Waals surface area contributed by atoms with Crippen LogP contribution in [0.15, 0.2) is 24.3 Å². The molecular formula is C20H32O5. The standard InChI is InChI=1S/C20H32O5/c1-2-3-6-10-16-17(19(23)14-18(16)22)13-12-15(21)9-7-4-5-8-11-20(24)25/h4,7,12-13,15-17,19,21,23H,2-3,5-6,8-11,14H2,1H3,(H,24,25)/b7-4-,13-12+/t15-,16-,17+,19+/m1/s1. The van der Waals surface area contributed by atoms with Crippen molar-refractivity contribution in [2.24, 2.45) is 11.8 Å². The summed E-state index contributed by atoms with van der Waals surface area (Å²) >= 11 is 0. The van der Waals surface area contributed by atoms with Crippen LogP contribution in [0.3, 0.4) is 0 Å². The van der Waals surface area contributed by atoms with Crippen LogP contribution in [-0.4, -0.2) is 39.3 Å². The van der Waals surface area contributed by atoms with Gasteiger partial charge in [0.05, 0.1) is 12.2 Å². The number of hydrogen-bond donors (Lipinski definition) is 3. The highest BCUT2D eigenvalue weighted by atomic mass is 16.4. The first kappa shape index (κ1) is 21.6. The Balaban J connectivity index is 2.41. The van der Waals surface area contributed by atoms with Gasteiger partial charge in [0.1, 0.15) is 5.78 Å². The summed E-state index contributed by atoms with van der Waals surface area (Å²) < 4.78 is 0. The minimum absolute atomic E-state index is 0.128. The van der Waals surface area contributed by atoms with E-state index in [2.05, 4.69) is 6.92 Å². The summed E-state index contributed by atoms with van der Waals surface area (Å²) in [5.74, 6) is -0.990. The normalized spacial score (nSPS) is 25.2. The van der Waals surface area contributed by atoms with Gasteiger partial charge in [0.2, 0.25) is 0 Å². The Bertz CT molecular complexity index is 469. The van der Waals surface area contributed by atoms with Crippen molar-refractivity contribution in [2.45, 2.75) is 76.9 Å². The Kier molecular flexibility index (Phi) is 10.3. The zero-order valence-electron chi connectivity index (χ0n) is 15.1. The lowest BCUT2D eigenvalue weighted by Crippen LogP contribution is -2.19. The molecule has 142 valence electrons. The molecule has 1 fully saturated rings. The van der Waals surface area contributed by atoms with E-state index >= 15 is 0 Å². The lowest BCUT2D eigenvalue weighted by Gasteiger charge is -2.17. The molecule has 0 aliphatic heterocycles.